The molecule has 0 aliphatic heterocycles. The number of carbonyl (C=O) groups is 2. The quantitative estimate of drug-likeness (QED) is 0.485. The van der Waals surface area contributed by atoms with Gasteiger partial charge in [-0.1, -0.05) is 35.2 Å². The highest BCUT2D eigenvalue weighted by Gasteiger charge is 2.14. The lowest BCUT2D eigenvalue weighted by atomic mass is 10.2. The van der Waals surface area contributed by atoms with Gasteiger partial charge in [0.25, 0.3) is 5.91 Å². The fourth-order valence-electron chi connectivity index (χ4n) is 1.49. The summed E-state index contributed by atoms with van der Waals surface area (Å²) in [4.78, 5) is 24.2. The predicted molar refractivity (Wildman–Crippen MR) is 88.8 cm³/mol. The number of amides is 1. The van der Waals surface area contributed by atoms with Gasteiger partial charge in [0, 0.05) is 4.90 Å². The molecule has 1 N–H and O–H groups in total. The molecule has 0 aliphatic carbocycles. The lowest BCUT2D eigenvalue weighted by Crippen LogP contribution is -2.12. The molecule has 22 heavy (non-hydrogen) atoms. The maximum Gasteiger partial charge on any atom is 0.316 e. The largest absolute Gasteiger partial charge is 0.468 e. The third-order valence-electron chi connectivity index (χ3n) is 2.52. The van der Waals surface area contributed by atoms with Gasteiger partial charge >= 0.3 is 5.97 Å². The number of nitrogens with one attached hydrogen (secondary N) is 1. The second kappa shape index (κ2) is 8.16. The van der Waals surface area contributed by atoms with Gasteiger partial charge in [0.15, 0.2) is 4.34 Å². The summed E-state index contributed by atoms with van der Waals surface area (Å²) >= 11 is 3.94. The Hall–Kier alpha value is -1.58. The number of hydrogen-bond donors (Lipinski definition) is 1. The number of methoxy groups -OCH3 is 1. The average molecular weight is 355 g/mol. The number of aromatic nitrogens is 2. The number of carbonyl (C=O) groups excluding carboxylic acids is 2. The van der Waals surface area contributed by atoms with Crippen molar-refractivity contribution in [1.82, 2.24) is 10.2 Å². The van der Waals surface area contributed by atoms with Crippen LogP contribution in [0.15, 0.2) is 33.5 Å². The van der Waals surface area contributed by atoms with Crippen molar-refractivity contribution < 1.29 is 14.3 Å². The minimum Gasteiger partial charge on any atom is -0.468 e. The fraction of sp³-hybridized carbons (Fsp3) is 0.231. The smallest absolute Gasteiger partial charge is 0.316 e. The van der Waals surface area contributed by atoms with Crippen LogP contribution >= 0.6 is 34.9 Å². The molecule has 1 heterocycles. The molecule has 0 saturated carbocycles. The van der Waals surface area contributed by atoms with Crippen molar-refractivity contribution in [1.29, 1.82) is 0 Å². The Balaban J connectivity index is 2.00. The van der Waals surface area contributed by atoms with Gasteiger partial charge in [-0.05, 0) is 18.4 Å². The molecule has 1 amide bonds. The molecule has 1 aromatic heterocycles. The van der Waals surface area contributed by atoms with Crippen LogP contribution < -0.4 is 5.32 Å². The molecule has 0 unspecified atom stereocenters. The van der Waals surface area contributed by atoms with E-state index in [1.54, 1.807) is 6.07 Å². The first-order valence-corrected chi connectivity index (χ1v) is 9.14. The van der Waals surface area contributed by atoms with Crippen LogP contribution in [0.5, 0.6) is 0 Å². The van der Waals surface area contributed by atoms with Crippen molar-refractivity contribution in [2.24, 2.45) is 0 Å². The van der Waals surface area contributed by atoms with Crippen LogP contribution in [0.25, 0.3) is 0 Å². The highest BCUT2D eigenvalue weighted by Crippen LogP contribution is 2.27. The molecule has 9 heteroatoms. The number of hydrogen-bond acceptors (Lipinski definition) is 8. The van der Waals surface area contributed by atoms with Gasteiger partial charge in [0.05, 0.1) is 18.4 Å². The Morgan fingerprint density at radius 1 is 1.32 bits per heavy atom. The first-order chi connectivity index (χ1) is 10.6. The molecule has 6 nitrogen and oxygen atoms in total. The zero-order chi connectivity index (χ0) is 15.9. The molecule has 0 bridgehead atoms. The lowest BCUT2D eigenvalue weighted by Gasteiger charge is -2.05. The van der Waals surface area contributed by atoms with E-state index in [-0.39, 0.29) is 17.6 Å². The van der Waals surface area contributed by atoms with E-state index in [2.05, 4.69) is 20.3 Å². The summed E-state index contributed by atoms with van der Waals surface area (Å²) in [6, 6.07) is 7.34. The zero-order valence-corrected chi connectivity index (χ0v) is 14.3. The summed E-state index contributed by atoms with van der Waals surface area (Å²) in [6.07, 6.45) is 1.92. The zero-order valence-electron chi connectivity index (χ0n) is 11.9. The van der Waals surface area contributed by atoms with Gasteiger partial charge in [-0.2, -0.15) is 0 Å². The summed E-state index contributed by atoms with van der Waals surface area (Å²) in [6.45, 7) is 0. The molecule has 0 atom stereocenters. The van der Waals surface area contributed by atoms with Crippen molar-refractivity contribution in [3.63, 3.8) is 0 Å². The number of thioether (sulfide) groups is 2. The molecule has 0 spiro atoms. The number of esters is 1. The summed E-state index contributed by atoms with van der Waals surface area (Å²) in [5.41, 5.74) is 0.592. The van der Waals surface area contributed by atoms with E-state index in [9.17, 15) is 9.59 Å². The van der Waals surface area contributed by atoms with Crippen molar-refractivity contribution >= 4 is 51.9 Å². The maximum absolute atomic E-state index is 12.2. The van der Waals surface area contributed by atoms with E-state index in [1.165, 1.54) is 42.0 Å². The van der Waals surface area contributed by atoms with Crippen molar-refractivity contribution in [3.05, 3.63) is 29.8 Å². The molecule has 2 aromatic rings. The van der Waals surface area contributed by atoms with Gasteiger partial charge in [0.2, 0.25) is 5.13 Å². The second-order valence-corrected chi connectivity index (χ2v) is 6.94. The Kier molecular flexibility index (Phi) is 6.22. The van der Waals surface area contributed by atoms with E-state index in [0.29, 0.717) is 15.0 Å². The van der Waals surface area contributed by atoms with E-state index in [0.717, 1.165) is 4.90 Å². The number of ether oxygens (including phenoxy) is 1. The minimum atomic E-state index is -0.334. The lowest BCUT2D eigenvalue weighted by molar-refractivity contribution is -0.137. The molecular formula is C13H13N3O3S3. The van der Waals surface area contributed by atoms with Crippen molar-refractivity contribution in [2.45, 2.75) is 9.24 Å². The topological polar surface area (TPSA) is 81.2 Å². The van der Waals surface area contributed by atoms with Gasteiger partial charge in [-0.15, -0.1) is 22.0 Å². The van der Waals surface area contributed by atoms with Crippen LogP contribution in [-0.2, 0) is 9.53 Å². The number of benzene rings is 1. The Labute approximate surface area is 140 Å². The molecule has 2 rings (SSSR count). The molecule has 0 aliphatic rings. The van der Waals surface area contributed by atoms with E-state index in [1.807, 2.05) is 24.5 Å². The third kappa shape index (κ3) is 4.46. The highest BCUT2D eigenvalue weighted by molar-refractivity contribution is 8.01. The summed E-state index contributed by atoms with van der Waals surface area (Å²) < 4.78 is 5.15. The molecule has 116 valence electrons. The number of nitrogens with zero attached hydrogens (tertiary/aromatic N) is 2. The van der Waals surface area contributed by atoms with E-state index in [4.69, 9.17) is 0 Å². The van der Waals surface area contributed by atoms with Gasteiger partial charge in [-0.3, -0.25) is 14.9 Å². The standard InChI is InChI=1S/C13H13N3O3S3/c1-19-10(17)7-21-13-16-15-12(22-13)14-11(18)8-5-3-4-6-9(8)20-2/h3-6H,7H2,1-2H3,(H,14,15,18). The third-order valence-corrected chi connectivity index (χ3v) is 5.26. The summed E-state index contributed by atoms with van der Waals surface area (Å²) in [7, 11) is 1.33. The molecule has 1 aromatic carbocycles. The minimum absolute atomic E-state index is 0.161. The SMILES string of the molecule is COC(=O)CSc1nnc(NC(=O)c2ccccc2SC)s1. The monoisotopic (exact) mass is 355 g/mol. The first-order valence-electron chi connectivity index (χ1n) is 6.11. The highest BCUT2D eigenvalue weighted by atomic mass is 32.2. The Bertz CT molecular complexity index is 675. The van der Waals surface area contributed by atoms with Crippen molar-refractivity contribution in [2.75, 3.05) is 24.4 Å². The first kappa shape index (κ1) is 16.8. The Morgan fingerprint density at radius 3 is 2.82 bits per heavy atom. The molecule has 0 radical (unpaired) electrons. The number of anilines is 1. The average Bonchev–Trinajstić information content (AvgIpc) is 2.99. The van der Waals surface area contributed by atoms with Crippen molar-refractivity contribution in [3.8, 4) is 0 Å². The van der Waals surface area contributed by atoms with Crippen LogP contribution in [0.3, 0.4) is 0 Å². The van der Waals surface area contributed by atoms with Crippen LogP contribution in [0.2, 0.25) is 0 Å². The van der Waals surface area contributed by atoms with Gasteiger partial charge in [-0.25, -0.2) is 0 Å². The normalized spacial score (nSPS) is 10.3. The predicted octanol–water partition coefficient (Wildman–Crippen LogP) is 2.78. The Morgan fingerprint density at radius 2 is 2.09 bits per heavy atom. The number of rotatable bonds is 6. The van der Waals surface area contributed by atoms with Crippen LogP contribution in [0.1, 0.15) is 10.4 Å². The molecular weight excluding hydrogens is 342 g/mol. The fourth-order valence-corrected chi connectivity index (χ4v) is 3.67. The van der Waals surface area contributed by atoms with E-state index >= 15 is 0 Å². The van der Waals surface area contributed by atoms with E-state index < -0.39 is 0 Å². The van der Waals surface area contributed by atoms with Crippen LogP contribution in [0.4, 0.5) is 5.13 Å². The summed E-state index contributed by atoms with van der Waals surface area (Å²) in [5.74, 6) is -0.403. The van der Waals surface area contributed by atoms with Crippen LogP contribution in [0, 0.1) is 0 Å². The van der Waals surface area contributed by atoms with Gasteiger partial charge in [0.1, 0.15) is 0 Å². The molecule has 0 fully saturated rings. The second-order valence-electron chi connectivity index (χ2n) is 3.89. The maximum atomic E-state index is 12.2. The molecule has 0 saturated heterocycles. The summed E-state index contributed by atoms with van der Waals surface area (Å²) in [5, 5.41) is 10.9. The van der Waals surface area contributed by atoms with Gasteiger partial charge < -0.3 is 4.74 Å². The van der Waals surface area contributed by atoms with Crippen LogP contribution in [-0.4, -0.2) is 41.2 Å².